The molecule has 3 aliphatic heterocycles. The molecule has 3 aliphatic rings. The largest absolute Gasteiger partial charge is 0.503 e. The van der Waals surface area contributed by atoms with Gasteiger partial charge in [-0.3, -0.25) is 14.4 Å². The van der Waals surface area contributed by atoms with Crippen molar-refractivity contribution in [3.63, 3.8) is 0 Å². The number of aromatic nitrogens is 1. The van der Waals surface area contributed by atoms with Crippen LogP contribution in [0.5, 0.6) is 5.75 Å². The molecule has 7 nitrogen and oxygen atoms in total. The van der Waals surface area contributed by atoms with Crippen LogP contribution in [0.15, 0.2) is 23.0 Å². The number of carbonyl (C=O) groups is 2. The van der Waals surface area contributed by atoms with E-state index >= 15 is 0 Å². The van der Waals surface area contributed by atoms with Gasteiger partial charge < -0.3 is 19.9 Å². The maximum absolute atomic E-state index is 14.2. The van der Waals surface area contributed by atoms with Gasteiger partial charge in [-0.15, -0.1) is 0 Å². The number of hydrogen-bond acceptors (Lipinski definition) is 4. The monoisotopic (exact) mass is 445 g/mol. The Balaban J connectivity index is 1.58. The van der Waals surface area contributed by atoms with Gasteiger partial charge in [0.25, 0.3) is 11.8 Å². The molecule has 1 spiro atoms. The summed E-state index contributed by atoms with van der Waals surface area (Å²) in [6.07, 6.45) is 3.74. The molecule has 2 amide bonds. The average molecular weight is 446 g/mol. The van der Waals surface area contributed by atoms with Crippen LogP contribution in [-0.2, 0) is 18.5 Å². The normalized spacial score (nSPS) is 21.6. The Hall–Kier alpha value is -2.87. The first kappa shape index (κ1) is 20.1. The van der Waals surface area contributed by atoms with E-state index in [0.717, 1.165) is 19.3 Å². The molecule has 1 aromatic carbocycles. The number of benzene rings is 1. The summed E-state index contributed by atoms with van der Waals surface area (Å²) in [4.78, 5) is 40.7. The first-order valence-corrected chi connectivity index (χ1v) is 10.7. The number of nitrogens with one attached hydrogen (secondary N) is 1. The third-order valence-electron chi connectivity index (χ3n) is 6.74. The number of pyridine rings is 1. The number of nitrogens with zero attached hydrogens (tertiary/aromatic N) is 2. The molecule has 1 aromatic heterocycles. The summed E-state index contributed by atoms with van der Waals surface area (Å²) in [7, 11) is 0. The fourth-order valence-corrected chi connectivity index (χ4v) is 5.49. The van der Waals surface area contributed by atoms with E-state index in [2.05, 4.69) is 5.32 Å². The molecule has 2 aromatic rings. The quantitative estimate of drug-likeness (QED) is 0.759. The molecule has 0 unspecified atom stereocenters. The summed E-state index contributed by atoms with van der Waals surface area (Å²) in [5.41, 5.74) is -0.805. The van der Waals surface area contributed by atoms with E-state index in [1.807, 2.05) is 0 Å². The van der Waals surface area contributed by atoms with Crippen LogP contribution in [0.25, 0.3) is 0 Å². The van der Waals surface area contributed by atoms with E-state index in [4.69, 9.17) is 11.6 Å². The van der Waals surface area contributed by atoms with Crippen molar-refractivity contribution in [2.45, 2.75) is 44.2 Å². The van der Waals surface area contributed by atoms with Gasteiger partial charge in [-0.05, 0) is 38.2 Å². The maximum atomic E-state index is 14.2. The average Bonchev–Trinajstić information content (AvgIpc) is 2.98. The molecule has 1 fully saturated rings. The predicted octanol–water partition coefficient (Wildman–Crippen LogP) is 2.56. The molecule has 162 valence electrons. The Morgan fingerprint density at radius 1 is 1.26 bits per heavy atom. The van der Waals surface area contributed by atoms with E-state index in [0.29, 0.717) is 31.6 Å². The standard InChI is InChI=1S/C22H21ClFN3O4/c23-13-5-3-4-12(16(13)24)10-25-20(30)15-14-6-8-22-7-1-2-9-26(11-22)21(31)17(27(14)22)19(29)18(15)28/h3-5,29H,1-2,6-11H2,(H,25,30)/t22-/m1/s1. The Morgan fingerprint density at radius 2 is 2.06 bits per heavy atom. The third kappa shape index (κ3) is 2.88. The van der Waals surface area contributed by atoms with E-state index in [1.165, 1.54) is 12.1 Å². The van der Waals surface area contributed by atoms with Gasteiger partial charge in [-0.2, -0.15) is 0 Å². The van der Waals surface area contributed by atoms with Gasteiger partial charge in [0.2, 0.25) is 5.43 Å². The Labute approximate surface area is 182 Å². The summed E-state index contributed by atoms with van der Waals surface area (Å²) >= 11 is 5.79. The molecule has 0 aliphatic carbocycles. The van der Waals surface area contributed by atoms with Crippen molar-refractivity contribution >= 4 is 23.4 Å². The lowest BCUT2D eigenvalue weighted by atomic mass is 9.89. The van der Waals surface area contributed by atoms with E-state index in [9.17, 15) is 23.9 Å². The highest BCUT2D eigenvalue weighted by Crippen LogP contribution is 2.45. The number of aromatic hydroxyl groups is 1. The zero-order valence-electron chi connectivity index (χ0n) is 16.7. The summed E-state index contributed by atoms with van der Waals surface area (Å²) in [5, 5.41) is 13.2. The van der Waals surface area contributed by atoms with Crippen LogP contribution in [0.3, 0.4) is 0 Å². The first-order chi connectivity index (χ1) is 14.8. The zero-order valence-corrected chi connectivity index (χ0v) is 17.5. The van der Waals surface area contributed by atoms with Crippen molar-refractivity contribution in [2.24, 2.45) is 0 Å². The molecule has 1 atom stereocenters. The van der Waals surface area contributed by atoms with Gasteiger partial charge >= 0.3 is 0 Å². The predicted molar refractivity (Wildman–Crippen MR) is 111 cm³/mol. The topological polar surface area (TPSA) is 91.6 Å². The van der Waals surface area contributed by atoms with Crippen molar-refractivity contribution in [1.82, 2.24) is 14.8 Å². The van der Waals surface area contributed by atoms with Crippen LogP contribution < -0.4 is 10.7 Å². The maximum Gasteiger partial charge on any atom is 0.274 e. The van der Waals surface area contributed by atoms with Crippen LogP contribution in [-0.4, -0.2) is 39.5 Å². The van der Waals surface area contributed by atoms with Crippen molar-refractivity contribution in [3.05, 3.63) is 61.8 Å². The summed E-state index contributed by atoms with van der Waals surface area (Å²) < 4.78 is 15.9. The second-order valence-electron chi connectivity index (χ2n) is 8.49. The van der Waals surface area contributed by atoms with Gasteiger partial charge in [0.15, 0.2) is 11.4 Å². The van der Waals surface area contributed by atoms with Crippen molar-refractivity contribution < 1.29 is 19.1 Å². The molecule has 2 N–H and O–H groups in total. The zero-order chi connectivity index (χ0) is 21.9. The first-order valence-electron chi connectivity index (χ1n) is 10.4. The van der Waals surface area contributed by atoms with Gasteiger partial charge in [0, 0.05) is 30.9 Å². The van der Waals surface area contributed by atoms with Gasteiger partial charge in [0.1, 0.15) is 11.4 Å². The number of halogens is 2. The van der Waals surface area contributed by atoms with Crippen molar-refractivity contribution in [2.75, 3.05) is 13.1 Å². The highest BCUT2D eigenvalue weighted by Gasteiger charge is 2.50. The smallest absolute Gasteiger partial charge is 0.274 e. The highest BCUT2D eigenvalue weighted by atomic mass is 35.5. The Morgan fingerprint density at radius 3 is 2.87 bits per heavy atom. The second-order valence-corrected chi connectivity index (χ2v) is 8.89. The van der Waals surface area contributed by atoms with Crippen molar-refractivity contribution in [3.8, 4) is 5.75 Å². The van der Waals surface area contributed by atoms with Crippen LogP contribution in [0.4, 0.5) is 4.39 Å². The lowest BCUT2D eigenvalue weighted by molar-refractivity contribution is 0.0584. The second kappa shape index (κ2) is 7.09. The lowest BCUT2D eigenvalue weighted by Gasteiger charge is -2.41. The molecule has 0 radical (unpaired) electrons. The van der Waals surface area contributed by atoms with E-state index in [-0.39, 0.29) is 34.3 Å². The minimum Gasteiger partial charge on any atom is -0.503 e. The van der Waals surface area contributed by atoms with Crippen LogP contribution in [0.2, 0.25) is 5.02 Å². The SMILES string of the molecule is O=C(NCc1cccc(Cl)c1F)c1c2n3c(c(O)c1=O)C(=O)N1CCCC[C@@]3(CC2)C1. The Kier molecular flexibility index (Phi) is 4.58. The van der Waals surface area contributed by atoms with Crippen LogP contribution in [0.1, 0.15) is 57.8 Å². The number of carbonyl (C=O) groups excluding carboxylic acids is 2. The molecule has 4 heterocycles. The summed E-state index contributed by atoms with van der Waals surface area (Å²) in [5.74, 6) is -2.40. The number of rotatable bonds is 3. The molecule has 5 rings (SSSR count). The molecule has 2 bridgehead atoms. The van der Waals surface area contributed by atoms with Gasteiger partial charge in [-0.25, -0.2) is 4.39 Å². The fraction of sp³-hybridized carbons (Fsp3) is 0.409. The van der Waals surface area contributed by atoms with E-state index in [1.54, 1.807) is 15.5 Å². The third-order valence-corrected chi connectivity index (χ3v) is 7.04. The summed E-state index contributed by atoms with van der Waals surface area (Å²) in [6.45, 7) is 0.949. The van der Waals surface area contributed by atoms with Crippen LogP contribution in [0, 0.1) is 5.82 Å². The fourth-order valence-electron chi connectivity index (χ4n) is 5.29. The summed E-state index contributed by atoms with van der Waals surface area (Å²) in [6, 6.07) is 4.47. The van der Waals surface area contributed by atoms with Gasteiger partial charge in [-0.1, -0.05) is 23.7 Å². The molecular formula is C22H21ClFN3O4. The molecule has 1 saturated heterocycles. The van der Waals surface area contributed by atoms with E-state index < -0.39 is 28.4 Å². The minimum atomic E-state index is -0.865. The lowest BCUT2D eigenvalue weighted by Crippen LogP contribution is -2.52. The minimum absolute atomic E-state index is 0.0110. The highest BCUT2D eigenvalue weighted by molar-refractivity contribution is 6.30. The van der Waals surface area contributed by atoms with Crippen LogP contribution >= 0.6 is 11.6 Å². The molecule has 9 heteroatoms. The number of amides is 2. The molecule has 0 saturated carbocycles. The molecule has 31 heavy (non-hydrogen) atoms. The molecular weight excluding hydrogens is 425 g/mol. The number of fused-ring (bicyclic) bond motifs is 1. The number of hydrogen-bond donors (Lipinski definition) is 2. The van der Waals surface area contributed by atoms with Gasteiger partial charge in [0.05, 0.1) is 10.6 Å². The Bertz CT molecular complexity index is 1190. The van der Waals surface area contributed by atoms with Crippen molar-refractivity contribution in [1.29, 1.82) is 0 Å².